The first-order valence-corrected chi connectivity index (χ1v) is 8.63. The predicted molar refractivity (Wildman–Crippen MR) is 79.0 cm³/mol. The summed E-state index contributed by atoms with van der Waals surface area (Å²) in [5, 5.41) is 7.30. The standard InChI is InChI=1S/C17H30N2/c1-17(10-18-2-3-19-11-17)9-16-14-5-12-4-13(7-14)8-15(16)6-12/h12-16,18-19H,2-11H2,1H3. The lowest BCUT2D eigenvalue weighted by Crippen LogP contribution is -2.48. The van der Waals surface area contributed by atoms with Crippen molar-refractivity contribution in [2.75, 3.05) is 26.2 Å². The second kappa shape index (κ2) is 4.73. The van der Waals surface area contributed by atoms with Crippen molar-refractivity contribution in [2.24, 2.45) is 35.0 Å². The van der Waals surface area contributed by atoms with Gasteiger partial charge in [0.1, 0.15) is 0 Å². The SMILES string of the molecule is CC1(CC2C3CC4CC(C3)CC2C4)CNCCNC1. The van der Waals surface area contributed by atoms with Crippen LogP contribution in [0.5, 0.6) is 0 Å². The fourth-order valence-electron chi connectivity index (χ4n) is 6.10. The highest BCUT2D eigenvalue weighted by atomic mass is 15.0. The fraction of sp³-hybridized carbons (Fsp3) is 1.00. The van der Waals surface area contributed by atoms with Gasteiger partial charge in [-0.1, -0.05) is 6.92 Å². The molecule has 0 atom stereocenters. The summed E-state index contributed by atoms with van der Waals surface area (Å²) in [5.41, 5.74) is 0.497. The van der Waals surface area contributed by atoms with Crippen LogP contribution in [0.15, 0.2) is 0 Å². The molecule has 1 saturated heterocycles. The van der Waals surface area contributed by atoms with E-state index in [2.05, 4.69) is 17.6 Å². The van der Waals surface area contributed by atoms with Gasteiger partial charge in [-0.2, -0.15) is 0 Å². The second-order valence-corrected chi connectivity index (χ2v) is 8.46. The van der Waals surface area contributed by atoms with E-state index in [9.17, 15) is 0 Å². The van der Waals surface area contributed by atoms with E-state index >= 15 is 0 Å². The Morgan fingerprint density at radius 2 is 1.37 bits per heavy atom. The molecule has 108 valence electrons. The van der Waals surface area contributed by atoms with Gasteiger partial charge in [0.05, 0.1) is 0 Å². The van der Waals surface area contributed by atoms with Gasteiger partial charge in [0, 0.05) is 26.2 Å². The molecule has 0 radical (unpaired) electrons. The lowest BCUT2D eigenvalue weighted by molar-refractivity contribution is -0.0535. The van der Waals surface area contributed by atoms with Crippen LogP contribution < -0.4 is 10.6 Å². The van der Waals surface area contributed by atoms with Crippen molar-refractivity contribution in [1.82, 2.24) is 10.6 Å². The Balaban J connectivity index is 1.47. The third-order valence-electron chi connectivity index (χ3n) is 6.73. The Morgan fingerprint density at radius 3 is 1.89 bits per heavy atom. The van der Waals surface area contributed by atoms with Gasteiger partial charge in [-0.15, -0.1) is 0 Å². The van der Waals surface area contributed by atoms with E-state index in [0.29, 0.717) is 5.41 Å². The van der Waals surface area contributed by atoms with Crippen LogP contribution in [0.1, 0.15) is 45.4 Å². The van der Waals surface area contributed by atoms with Crippen molar-refractivity contribution in [3.63, 3.8) is 0 Å². The van der Waals surface area contributed by atoms with Crippen LogP contribution >= 0.6 is 0 Å². The van der Waals surface area contributed by atoms with Crippen molar-refractivity contribution >= 4 is 0 Å². The van der Waals surface area contributed by atoms with Gasteiger partial charge in [0.2, 0.25) is 0 Å². The van der Waals surface area contributed by atoms with Crippen LogP contribution in [-0.4, -0.2) is 26.2 Å². The number of hydrogen-bond acceptors (Lipinski definition) is 2. The molecule has 0 aromatic carbocycles. The lowest BCUT2D eigenvalue weighted by atomic mass is 9.50. The summed E-state index contributed by atoms with van der Waals surface area (Å²) in [7, 11) is 0. The van der Waals surface area contributed by atoms with Crippen LogP contribution in [0, 0.1) is 35.0 Å². The summed E-state index contributed by atoms with van der Waals surface area (Å²) in [5.74, 6) is 5.49. The zero-order valence-electron chi connectivity index (χ0n) is 12.5. The molecule has 1 aliphatic heterocycles. The van der Waals surface area contributed by atoms with Crippen LogP contribution in [0.3, 0.4) is 0 Å². The Kier molecular flexibility index (Phi) is 3.15. The maximum Gasteiger partial charge on any atom is 0.00769 e. The maximum absolute atomic E-state index is 3.65. The number of nitrogens with one attached hydrogen (secondary N) is 2. The highest BCUT2D eigenvalue weighted by molar-refractivity contribution is 5.00. The summed E-state index contributed by atoms with van der Waals surface area (Å²) in [6.45, 7) is 7.27. The molecule has 2 N–H and O–H groups in total. The molecule has 0 aromatic heterocycles. The van der Waals surface area contributed by atoms with E-state index in [4.69, 9.17) is 0 Å². The average Bonchev–Trinajstić information content (AvgIpc) is 2.58. The van der Waals surface area contributed by atoms with Crippen LogP contribution in [0.2, 0.25) is 0 Å². The van der Waals surface area contributed by atoms with Crippen LogP contribution in [0.25, 0.3) is 0 Å². The molecule has 0 unspecified atom stereocenters. The topological polar surface area (TPSA) is 24.1 Å². The Hall–Kier alpha value is -0.0800. The lowest BCUT2D eigenvalue weighted by Gasteiger charge is -2.56. The molecule has 2 nitrogen and oxygen atoms in total. The average molecular weight is 262 g/mol. The molecular weight excluding hydrogens is 232 g/mol. The third kappa shape index (κ3) is 2.35. The highest BCUT2D eigenvalue weighted by Gasteiger charge is 2.49. The third-order valence-corrected chi connectivity index (χ3v) is 6.73. The first-order chi connectivity index (χ1) is 9.22. The molecule has 5 rings (SSSR count). The van der Waals surface area contributed by atoms with Gasteiger partial charge in [-0.25, -0.2) is 0 Å². The van der Waals surface area contributed by atoms with E-state index < -0.39 is 0 Å². The van der Waals surface area contributed by atoms with E-state index in [0.717, 1.165) is 42.7 Å². The van der Waals surface area contributed by atoms with Crippen molar-refractivity contribution in [3.8, 4) is 0 Å². The van der Waals surface area contributed by atoms with Crippen molar-refractivity contribution in [2.45, 2.75) is 45.4 Å². The van der Waals surface area contributed by atoms with E-state index in [1.165, 1.54) is 19.5 Å². The molecule has 4 saturated carbocycles. The Morgan fingerprint density at radius 1 is 0.842 bits per heavy atom. The molecule has 4 aliphatic carbocycles. The molecule has 5 fully saturated rings. The molecule has 0 amide bonds. The number of hydrogen-bond donors (Lipinski definition) is 2. The Labute approximate surface area is 118 Å². The maximum atomic E-state index is 3.65. The van der Waals surface area contributed by atoms with Gasteiger partial charge in [-0.3, -0.25) is 0 Å². The summed E-state index contributed by atoms with van der Waals surface area (Å²) >= 11 is 0. The van der Waals surface area contributed by atoms with Gasteiger partial charge in [0.25, 0.3) is 0 Å². The molecule has 0 aromatic rings. The second-order valence-electron chi connectivity index (χ2n) is 8.46. The van der Waals surface area contributed by atoms with Crippen molar-refractivity contribution in [3.05, 3.63) is 0 Å². The first kappa shape index (κ1) is 12.6. The molecule has 2 heteroatoms. The van der Waals surface area contributed by atoms with Gasteiger partial charge in [0.15, 0.2) is 0 Å². The summed E-state index contributed by atoms with van der Waals surface area (Å²) < 4.78 is 0. The first-order valence-electron chi connectivity index (χ1n) is 8.63. The molecule has 0 spiro atoms. The summed E-state index contributed by atoms with van der Waals surface area (Å²) in [6.07, 6.45) is 9.37. The zero-order valence-corrected chi connectivity index (χ0v) is 12.5. The summed E-state index contributed by atoms with van der Waals surface area (Å²) in [4.78, 5) is 0. The van der Waals surface area contributed by atoms with Gasteiger partial charge >= 0.3 is 0 Å². The van der Waals surface area contributed by atoms with Gasteiger partial charge in [-0.05, 0) is 73.5 Å². The minimum atomic E-state index is 0.497. The molecule has 4 bridgehead atoms. The van der Waals surface area contributed by atoms with Crippen LogP contribution in [-0.2, 0) is 0 Å². The predicted octanol–water partition coefficient (Wildman–Crippen LogP) is 2.65. The fourth-order valence-corrected chi connectivity index (χ4v) is 6.10. The van der Waals surface area contributed by atoms with Gasteiger partial charge < -0.3 is 10.6 Å². The van der Waals surface area contributed by atoms with E-state index in [-0.39, 0.29) is 0 Å². The Bertz CT molecular complexity index is 302. The minimum Gasteiger partial charge on any atom is -0.315 e. The quantitative estimate of drug-likeness (QED) is 0.799. The summed E-state index contributed by atoms with van der Waals surface area (Å²) in [6, 6.07) is 0. The van der Waals surface area contributed by atoms with Crippen molar-refractivity contribution in [1.29, 1.82) is 0 Å². The zero-order chi connectivity index (χ0) is 12.9. The van der Waals surface area contributed by atoms with E-state index in [1.807, 2.05) is 0 Å². The van der Waals surface area contributed by atoms with Crippen LogP contribution in [0.4, 0.5) is 0 Å². The normalized spacial score (nSPS) is 48.2. The molecule has 19 heavy (non-hydrogen) atoms. The monoisotopic (exact) mass is 262 g/mol. The van der Waals surface area contributed by atoms with Crippen molar-refractivity contribution < 1.29 is 0 Å². The number of rotatable bonds is 2. The minimum absolute atomic E-state index is 0.497. The largest absolute Gasteiger partial charge is 0.315 e. The highest BCUT2D eigenvalue weighted by Crippen LogP contribution is 2.58. The molecule has 1 heterocycles. The molecular formula is C17H30N2. The molecule has 5 aliphatic rings. The van der Waals surface area contributed by atoms with E-state index in [1.54, 1.807) is 32.1 Å². The smallest absolute Gasteiger partial charge is 0.00769 e.